The molecular weight excluding hydrogens is 451 g/mol. The molecule has 2 aromatic heterocycles. The highest BCUT2D eigenvalue weighted by molar-refractivity contribution is 5.82. The van der Waals surface area contributed by atoms with Gasteiger partial charge in [-0.05, 0) is 56.0 Å². The summed E-state index contributed by atoms with van der Waals surface area (Å²) in [5, 5.41) is 3.01. The molecule has 3 heterocycles. The Morgan fingerprint density at radius 2 is 1.89 bits per heavy atom. The molecule has 184 valence electrons. The van der Waals surface area contributed by atoms with E-state index in [1.165, 1.54) is 25.0 Å². The Hall–Kier alpha value is -3.37. The van der Waals surface area contributed by atoms with Gasteiger partial charge in [-0.25, -0.2) is 19.3 Å². The van der Waals surface area contributed by atoms with Gasteiger partial charge < -0.3 is 24.7 Å². The van der Waals surface area contributed by atoms with Crippen LogP contribution < -0.4 is 10.2 Å². The van der Waals surface area contributed by atoms with E-state index in [2.05, 4.69) is 20.3 Å². The number of imidazole rings is 1. The Morgan fingerprint density at radius 3 is 2.54 bits per heavy atom. The number of ether oxygens (including phenoxy) is 2. The van der Waals surface area contributed by atoms with Gasteiger partial charge in [-0.15, -0.1) is 0 Å². The summed E-state index contributed by atoms with van der Waals surface area (Å²) < 4.78 is 25.5. The van der Waals surface area contributed by atoms with Crippen LogP contribution in [0, 0.1) is 17.2 Å². The second kappa shape index (κ2) is 9.35. The number of carbonyl (C=O) groups excluding carboxylic acids is 1. The van der Waals surface area contributed by atoms with Gasteiger partial charge in [0.25, 0.3) is 0 Å². The number of nitrogens with one attached hydrogen (secondary N) is 2. The zero-order valence-corrected chi connectivity index (χ0v) is 20.0. The van der Waals surface area contributed by atoms with Crippen molar-refractivity contribution in [2.45, 2.75) is 26.1 Å². The van der Waals surface area contributed by atoms with Crippen molar-refractivity contribution in [2.75, 3.05) is 38.8 Å². The fourth-order valence-corrected chi connectivity index (χ4v) is 3.88. The van der Waals surface area contributed by atoms with Gasteiger partial charge in [-0.1, -0.05) is 0 Å². The molecule has 2 aliphatic rings. The minimum atomic E-state index is -0.776. The van der Waals surface area contributed by atoms with Crippen LogP contribution in [0.5, 0.6) is 0 Å². The van der Waals surface area contributed by atoms with E-state index in [0.717, 1.165) is 0 Å². The van der Waals surface area contributed by atoms with Gasteiger partial charge in [0.2, 0.25) is 18.1 Å². The molecular formula is C25H29FN6O3. The Bertz CT molecular complexity index is 1200. The monoisotopic (exact) mass is 480 g/mol. The zero-order chi connectivity index (χ0) is 24.6. The smallest absolute Gasteiger partial charge is 0.230 e. The lowest BCUT2D eigenvalue weighted by atomic mass is 9.91. The molecule has 1 aliphatic heterocycles. The number of nitrogens with zero attached hydrogens (tertiary/aromatic N) is 4. The van der Waals surface area contributed by atoms with Gasteiger partial charge in [0.1, 0.15) is 5.82 Å². The van der Waals surface area contributed by atoms with E-state index in [-0.39, 0.29) is 24.9 Å². The van der Waals surface area contributed by atoms with Gasteiger partial charge in [0.05, 0.1) is 35.7 Å². The Morgan fingerprint density at radius 1 is 1.17 bits per heavy atom. The van der Waals surface area contributed by atoms with E-state index in [4.69, 9.17) is 14.5 Å². The first-order valence-electron chi connectivity index (χ1n) is 11.7. The van der Waals surface area contributed by atoms with Gasteiger partial charge in [-0.3, -0.25) is 4.79 Å². The van der Waals surface area contributed by atoms with Crippen molar-refractivity contribution >= 4 is 11.9 Å². The summed E-state index contributed by atoms with van der Waals surface area (Å²) in [6.07, 6.45) is 3.24. The molecule has 0 radical (unpaired) electrons. The van der Waals surface area contributed by atoms with Crippen LogP contribution in [0.3, 0.4) is 0 Å². The molecule has 0 spiro atoms. The predicted octanol–water partition coefficient (Wildman–Crippen LogP) is 3.32. The third kappa shape index (κ3) is 5.03. The number of rotatable bonds is 7. The summed E-state index contributed by atoms with van der Waals surface area (Å²) in [5.41, 5.74) is 1.80. The fourth-order valence-electron chi connectivity index (χ4n) is 3.88. The van der Waals surface area contributed by atoms with Gasteiger partial charge in [-0.2, -0.15) is 0 Å². The van der Waals surface area contributed by atoms with Crippen LogP contribution in [-0.2, 0) is 14.3 Å². The second-order valence-electron chi connectivity index (χ2n) is 9.66. The van der Waals surface area contributed by atoms with Gasteiger partial charge >= 0.3 is 0 Å². The number of hydrogen-bond acceptors (Lipinski definition) is 7. The van der Waals surface area contributed by atoms with E-state index in [0.29, 0.717) is 46.9 Å². The van der Waals surface area contributed by atoms with Crippen molar-refractivity contribution in [1.29, 1.82) is 0 Å². The molecule has 10 heteroatoms. The number of halogens is 1. The number of H-pyrrole nitrogens is 1. The van der Waals surface area contributed by atoms with Crippen LogP contribution in [0.15, 0.2) is 36.5 Å². The standard InChI is InChI=1S/C25H29FN6O3/c1-25(23(33)28-12-15-4-5-15)13-34-22(35-14-25)21-30-19(16-6-8-17(26)9-7-16)20(31-21)18-10-11-27-24(29-18)32(2)3/h6-11,15,22H,4-5,12-14H2,1-3H3,(H,28,33)(H,30,31). The van der Waals surface area contributed by atoms with Crippen molar-refractivity contribution in [3.8, 4) is 22.6 Å². The number of benzene rings is 1. The topological polar surface area (TPSA) is 105 Å². The number of carbonyl (C=O) groups is 1. The van der Waals surface area contributed by atoms with E-state index in [1.807, 2.05) is 21.0 Å². The first kappa shape index (κ1) is 23.4. The van der Waals surface area contributed by atoms with Crippen LogP contribution in [0.25, 0.3) is 22.6 Å². The van der Waals surface area contributed by atoms with E-state index >= 15 is 0 Å². The van der Waals surface area contributed by atoms with E-state index in [9.17, 15) is 9.18 Å². The quantitative estimate of drug-likeness (QED) is 0.534. The summed E-state index contributed by atoms with van der Waals surface area (Å²) in [5.74, 6) is 1.20. The molecule has 1 saturated carbocycles. The number of anilines is 1. The van der Waals surface area contributed by atoms with E-state index in [1.54, 1.807) is 29.3 Å². The lowest BCUT2D eigenvalue weighted by molar-refractivity contribution is -0.231. The van der Waals surface area contributed by atoms with Crippen molar-refractivity contribution in [1.82, 2.24) is 25.3 Å². The molecule has 0 atom stereocenters. The fraction of sp³-hybridized carbons (Fsp3) is 0.440. The highest BCUT2D eigenvalue weighted by atomic mass is 19.1. The van der Waals surface area contributed by atoms with Crippen LogP contribution in [-0.4, -0.2) is 59.7 Å². The first-order chi connectivity index (χ1) is 16.8. The molecule has 2 N–H and O–H groups in total. The largest absolute Gasteiger partial charge is 0.355 e. The van der Waals surface area contributed by atoms with Crippen LogP contribution in [0.2, 0.25) is 0 Å². The molecule has 0 bridgehead atoms. The van der Waals surface area contributed by atoms with Crippen molar-refractivity contribution in [3.63, 3.8) is 0 Å². The number of hydrogen-bond donors (Lipinski definition) is 2. The number of amides is 1. The van der Waals surface area contributed by atoms with Gasteiger partial charge in [0, 0.05) is 32.4 Å². The maximum absolute atomic E-state index is 13.6. The lowest BCUT2D eigenvalue weighted by Gasteiger charge is -2.35. The predicted molar refractivity (Wildman–Crippen MR) is 128 cm³/mol. The summed E-state index contributed by atoms with van der Waals surface area (Å²) in [6, 6.07) is 7.88. The van der Waals surface area contributed by atoms with Crippen LogP contribution in [0.4, 0.5) is 10.3 Å². The SMILES string of the molecule is CN(C)c1nccc(-c2[nH]c(C3OCC(C)(C(=O)NCC4CC4)CO3)nc2-c2ccc(F)cc2)n1. The Labute approximate surface area is 203 Å². The van der Waals surface area contributed by atoms with Gasteiger partial charge in [0.15, 0.2) is 5.82 Å². The zero-order valence-electron chi connectivity index (χ0n) is 20.0. The molecule has 5 rings (SSSR count). The first-order valence-corrected chi connectivity index (χ1v) is 11.7. The highest BCUT2D eigenvalue weighted by Crippen LogP contribution is 2.36. The molecule has 2 fully saturated rings. The summed E-state index contributed by atoms with van der Waals surface area (Å²) >= 11 is 0. The molecule has 1 aliphatic carbocycles. The number of aromatic amines is 1. The normalized spacial score (nSPS) is 22.1. The number of aromatic nitrogens is 4. The molecule has 1 amide bonds. The van der Waals surface area contributed by atoms with Crippen molar-refractivity contribution < 1.29 is 18.7 Å². The second-order valence-corrected chi connectivity index (χ2v) is 9.66. The molecule has 1 aromatic carbocycles. The maximum Gasteiger partial charge on any atom is 0.230 e. The molecule has 35 heavy (non-hydrogen) atoms. The third-order valence-electron chi connectivity index (χ3n) is 6.26. The average Bonchev–Trinajstić information content (AvgIpc) is 3.59. The summed E-state index contributed by atoms with van der Waals surface area (Å²) in [6.45, 7) is 2.95. The molecule has 3 aromatic rings. The van der Waals surface area contributed by atoms with E-state index < -0.39 is 11.7 Å². The minimum Gasteiger partial charge on any atom is -0.355 e. The molecule has 9 nitrogen and oxygen atoms in total. The highest BCUT2D eigenvalue weighted by Gasteiger charge is 2.41. The molecule has 0 unspecified atom stereocenters. The van der Waals surface area contributed by atoms with Crippen LogP contribution in [0.1, 0.15) is 31.9 Å². The van der Waals surface area contributed by atoms with Crippen LogP contribution >= 0.6 is 0 Å². The summed E-state index contributed by atoms with van der Waals surface area (Å²) in [4.78, 5) is 31.4. The van der Waals surface area contributed by atoms with Crippen molar-refractivity contribution in [2.24, 2.45) is 11.3 Å². The summed E-state index contributed by atoms with van der Waals surface area (Å²) in [7, 11) is 3.72. The third-order valence-corrected chi connectivity index (χ3v) is 6.26. The minimum absolute atomic E-state index is 0.0628. The van der Waals surface area contributed by atoms with Crippen molar-refractivity contribution in [3.05, 3.63) is 48.2 Å². The average molecular weight is 481 g/mol. The maximum atomic E-state index is 13.6. The Balaban J connectivity index is 1.41. The Kier molecular flexibility index (Phi) is 6.24. The molecule has 1 saturated heterocycles. The lowest BCUT2D eigenvalue weighted by Crippen LogP contribution is -2.49.